The number of nitrogen functional groups attached to an aromatic ring is 4. The number of aromatic nitrogens is 11. The second kappa shape index (κ2) is 44.8. The first-order chi connectivity index (χ1) is 68.6. The van der Waals surface area contributed by atoms with Crippen LogP contribution in [-0.2, 0) is 7.05 Å². The number of hydrogen-bond donors (Lipinski definition) is 9. The van der Waals surface area contributed by atoms with Crippen molar-refractivity contribution in [2.45, 2.75) is 180 Å². The first kappa shape index (κ1) is 107. The molecule has 0 fully saturated rings. The Bertz CT molecular complexity index is 7710. The van der Waals surface area contributed by atoms with Gasteiger partial charge in [-0.05, 0) is 193 Å². The van der Waals surface area contributed by atoms with Crippen LogP contribution in [0, 0.1) is 83.0 Å². The van der Waals surface area contributed by atoms with Crippen molar-refractivity contribution in [2.24, 2.45) is 12.8 Å². The van der Waals surface area contributed by atoms with Crippen molar-refractivity contribution in [3.8, 4) is 28.7 Å². The predicted molar refractivity (Wildman–Crippen MR) is 560 cm³/mol. The third-order valence-electron chi connectivity index (χ3n) is 23.9. The number of nitrogens with two attached hydrogens (primary N) is 4. The van der Waals surface area contributed by atoms with Crippen LogP contribution in [0.5, 0.6) is 28.7 Å². The second-order valence-corrected chi connectivity index (χ2v) is 37.5. The number of para-hydroxylation sites is 1. The Labute approximate surface area is 854 Å². The van der Waals surface area contributed by atoms with Gasteiger partial charge in [0.25, 0.3) is 23.6 Å². The van der Waals surface area contributed by atoms with Gasteiger partial charge >= 0.3 is 0 Å². The lowest BCUT2D eigenvalue weighted by Crippen LogP contribution is -2.21. The average Bonchev–Trinajstić information content (AvgIpc) is 1.74. The number of benzene rings is 9. The first-order valence-corrected chi connectivity index (χ1v) is 47.7. The SMILES string of the molecule is COc1ccc(NC(=O)c2c(F)c(Cl)cc(C(C)c3nc(C)c4c(N)nccn34)c2OC(C)C)c(C)c1.Cc1cccc(F)c1NC(=O)c1c(F)c(Cl)cc(C(C)c2nc(C)c(C(=N)N)n2C)c1OC(C)C.Cc1cccc(NC(=O)c2c(F)c(Cl)cc(C(C)c3nc(C)c4c(N)nccn34)c2OC(C)C)c1.Cc1nc(C(C)c2cc(Cl)c(F)c(C(=O)Nc3cccc4ccccc34)c2OC(C)C)n2ccnc(N)c12. The smallest absolute Gasteiger partial charge is 0.262 e. The third kappa shape index (κ3) is 22.6. The van der Waals surface area contributed by atoms with Gasteiger partial charge in [0.2, 0.25) is 0 Å². The van der Waals surface area contributed by atoms with Crippen molar-refractivity contribution in [1.29, 1.82) is 5.41 Å². The van der Waals surface area contributed by atoms with Gasteiger partial charge < -0.3 is 72.5 Å². The Balaban J connectivity index is 0.000000162. The summed E-state index contributed by atoms with van der Waals surface area (Å²) in [7, 11) is 3.27. The van der Waals surface area contributed by atoms with Crippen molar-refractivity contribution in [1.82, 2.24) is 52.7 Å². The van der Waals surface area contributed by atoms with E-state index in [1.165, 1.54) is 36.4 Å². The van der Waals surface area contributed by atoms with Crippen LogP contribution in [-0.4, -0.2) is 114 Å². The summed E-state index contributed by atoms with van der Waals surface area (Å²) in [5, 5.41) is 19.6. The molecule has 7 aromatic heterocycles. The van der Waals surface area contributed by atoms with Crippen LogP contribution in [0.1, 0.15) is 239 Å². The molecule has 0 aliphatic rings. The van der Waals surface area contributed by atoms with Gasteiger partial charge in [0.1, 0.15) is 126 Å². The van der Waals surface area contributed by atoms with Gasteiger partial charge in [-0.15, -0.1) is 0 Å². The summed E-state index contributed by atoms with van der Waals surface area (Å²) in [5.74, 6) is -4.68. The van der Waals surface area contributed by atoms with Gasteiger partial charge in [-0.3, -0.25) is 37.8 Å². The zero-order valence-corrected chi connectivity index (χ0v) is 86.5. The Morgan fingerprint density at radius 1 is 0.407 bits per heavy atom. The molecule has 0 saturated carbocycles. The Morgan fingerprint density at radius 3 is 1.14 bits per heavy atom. The first-order valence-electron chi connectivity index (χ1n) is 46.2. The maximum Gasteiger partial charge on any atom is 0.262 e. The molecule has 0 aliphatic carbocycles. The number of rotatable bonds is 26. The number of amides is 4. The number of methoxy groups -OCH3 is 1. The zero-order valence-electron chi connectivity index (χ0n) is 83.5. The molecule has 0 aliphatic heterocycles. The highest BCUT2D eigenvalue weighted by Crippen LogP contribution is 2.47. The molecule has 9 aromatic carbocycles. The van der Waals surface area contributed by atoms with Crippen LogP contribution < -0.4 is 67.9 Å². The molecule has 4 atom stereocenters. The summed E-state index contributed by atoms with van der Waals surface area (Å²) in [6.45, 7) is 34.4. The summed E-state index contributed by atoms with van der Waals surface area (Å²) in [4.78, 5) is 85.0. The van der Waals surface area contributed by atoms with E-state index in [9.17, 15) is 23.6 Å². The molecule has 13 N–H and O–H groups in total. The number of ether oxygens (including phenoxy) is 5. The van der Waals surface area contributed by atoms with Crippen molar-refractivity contribution in [2.75, 3.05) is 45.6 Å². The normalized spacial score (nSPS) is 12.2. The van der Waals surface area contributed by atoms with Gasteiger partial charge in [-0.2, -0.15) is 0 Å². The molecule has 0 spiro atoms. The van der Waals surface area contributed by atoms with Gasteiger partial charge in [0, 0.05) is 113 Å². The fraction of sp³-hybridized carbons (Fsp3) is 0.271. The number of anilines is 7. The van der Waals surface area contributed by atoms with Crippen LogP contribution in [0.2, 0.25) is 20.1 Å². The lowest BCUT2D eigenvalue weighted by molar-refractivity contribution is 0.100. The molecule has 38 heteroatoms. The number of hydrogen-bond acceptors (Lipinski definition) is 20. The maximum atomic E-state index is 15.6. The molecular weight excluding hydrogens is 1950 g/mol. The summed E-state index contributed by atoms with van der Waals surface area (Å²) in [6.07, 6.45) is 8.60. The molecule has 145 heavy (non-hydrogen) atoms. The fourth-order valence-corrected chi connectivity index (χ4v) is 18.1. The van der Waals surface area contributed by atoms with Gasteiger partial charge in [-0.1, -0.05) is 135 Å². The number of carbonyl (C=O) groups is 4. The lowest BCUT2D eigenvalue weighted by atomic mass is 9.95. The second-order valence-electron chi connectivity index (χ2n) is 35.9. The highest BCUT2D eigenvalue weighted by Gasteiger charge is 2.37. The summed E-state index contributed by atoms with van der Waals surface area (Å²) in [5.41, 5.74) is 33.6. The van der Waals surface area contributed by atoms with Gasteiger partial charge in [0.15, 0.2) is 23.3 Å². The Hall–Kier alpha value is -15.1. The van der Waals surface area contributed by atoms with Crippen molar-refractivity contribution in [3.05, 3.63) is 327 Å². The Morgan fingerprint density at radius 2 is 0.766 bits per heavy atom. The van der Waals surface area contributed by atoms with E-state index in [0.717, 1.165) is 21.9 Å². The van der Waals surface area contributed by atoms with E-state index in [0.29, 0.717) is 136 Å². The quantitative estimate of drug-likeness (QED) is 0.0138. The van der Waals surface area contributed by atoms with Crippen LogP contribution in [0.15, 0.2) is 165 Å². The number of fused-ring (bicyclic) bond motifs is 4. The number of amidine groups is 1. The molecule has 29 nitrogen and oxygen atoms in total. The van der Waals surface area contributed by atoms with Crippen LogP contribution in [0.3, 0.4) is 0 Å². The minimum absolute atomic E-state index is 0.0223. The highest BCUT2D eigenvalue weighted by atomic mass is 35.5. The number of nitrogens with one attached hydrogen (secondary N) is 5. The van der Waals surface area contributed by atoms with E-state index in [2.05, 4.69) is 41.2 Å². The van der Waals surface area contributed by atoms with Crippen molar-refractivity contribution < 1.29 is 64.8 Å². The minimum atomic E-state index is -0.981. The van der Waals surface area contributed by atoms with Gasteiger partial charge in [0.05, 0.1) is 80.1 Å². The molecule has 16 rings (SSSR count). The van der Waals surface area contributed by atoms with Crippen molar-refractivity contribution >= 4 is 143 Å². The fourth-order valence-electron chi connectivity index (χ4n) is 17.3. The van der Waals surface area contributed by atoms with Crippen LogP contribution >= 0.6 is 46.4 Å². The van der Waals surface area contributed by atoms with E-state index < -0.39 is 88.1 Å². The monoisotopic (exact) mass is 2050 g/mol. The standard InChI is InChI=1S/C29H27ClFN5O2.C27H29ClFN5O3.C26H27ClFN5O2.C25H28ClF2N5O2/c1-15(2)38-26-20(16(3)28-34-17(4)25-27(32)33-12-13-36(25)28)14-21(30)24(31)23(26)29(37)35-22-11-7-9-18-8-5-6-10-19(18)22;1-13(2)37-24-18(15(4)26-32-16(5)23-25(30)31-9-10-34(23)26)12-19(28)22(29)21(24)27(35)33-20-8-7-17(36-6)11-14(20)3;1-13(2)35-23-18(15(4)25-31-16(5)22-24(29)30-9-10-33(22)25)12-19(27)21(28)20(23)26(34)32-17-8-6-7-14(3)11-17;1-11(2)35-22-15(13(4)24-31-14(5)21(23(29)30)33(24)6)10-16(26)19(28)18(22)25(34)32-20-12(3)8-7-9-17(20)27/h5-16H,1-4H3,(H2,32,33)(H,35,37);7-13,15H,1-6H3,(H2,30,31)(H,33,35);6-13,15H,1-5H3,(H2,29,30)(H,32,34);7-11,13H,1-6H3,(H3,29,30)(H,32,34). The summed E-state index contributed by atoms with van der Waals surface area (Å²) < 4.78 is 113. The van der Waals surface area contributed by atoms with Gasteiger partial charge in [-0.25, -0.2) is 56.8 Å². The molecule has 4 unspecified atom stereocenters. The highest BCUT2D eigenvalue weighted by molar-refractivity contribution is 6.33. The summed E-state index contributed by atoms with van der Waals surface area (Å²) in [6, 6.07) is 35.8. The molecule has 0 bridgehead atoms. The maximum absolute atomic E-state index is 15.6. The van der Waals surface area contributed by atoms with Crippen LogP contribution in [0.4, 0.5) is 62.2 Å². The van der Waals surface area contributed by atoms with E-state index in [4.69, 9.17) is 113 Å². The largest absolute Gasteiger partial charge is 0.497 e. The number of nitrogens with zero attached hydrogens (tertiary/aromatic N) is 11. The van der Waals surface area contributed by atoms with E-state index in [1.54, 1.807) is 147 Å². The molecule has 756 valence electrons. The van der Waals surface area contributed by atoms with E-state index >= 15 is 17.6 Å². The average molecular weight is 2060 g/mol. The molecule has 0 radical (unpaired) electrons. The minimum Gasteiger partial charge on any atom is -0.497 e. The predicted octanol–water partition coefficient (Wildman–Crippen LogP) is 24.0. The zero-order chi connectivity index (χ0) is 106. The molecule has 16 aromatic rings. The number of carbonyl (C=O) groups excluding carboxylic acids is 4. The topological polar surface area (TPSA) is 399 Å². The molecule has 0 saturated heterocycles. The number of aryl methyl sites for hydroxylation is 7. The number of halogens is 9. The Kier molecular flexibility index (Phi) is 33.1. The molecule has 7 heterocycles. The van der Waals surface area contributed by atoms with E-state index in [1.807, 2.05) is 145 Å². The summed E-state index contributed by atoms with van der Waals surface area (Å²) >= 11 is 25.3. The van der Waals surface area contributed by atoms with Crippen molar-refractivity contribution in [3.63, 3.8) is 0 Å². The van der Waals surface area contributed by atoms with E-state index in [-0.39, 0.29) is 89.6 Å². The third-order valence-corrected chi connectivity index (χ3v) is 25.0. The number of imidazole rings is 4. The lowest BCUT2D eigenvalue weighted by Gasteiger charge is -2.23. The molecule has 4 amide bonds. The van der Waals surface area contributed by atoms with Crippen LogP contribution in [0.25, 0.3) is 27.3 Å². The molecular formula is C107H111Cl4F5N20O9.